The predicted octanol–water partition coefficient (Wildman–Crippen LogP) is 6.47. The van der Waals surface area contributed by atoms with E-state index < -0.39 is 0 Å². The average Bonchev–Trinajstić information content (AvgIpc) is 3.52. The van der Waals surface area contributed by atoms with Gasteiger partial charge in [-0.3, -0.25) is 9.69 Å². The monoisotopic (exact) mass is 681 g/mol. The van der Waals surface area contributed by atoms with Crippen LogP contribution in [0.4, 0.5) is 11.5 Å². The minimum Gasteiger partial charge on any atom is -0.508 e. The number of nitrogens with zero attached hydrogens (tertiary/aromatic N) is 4. The number of aromatic hydroxyl groups is 1. The number of amides is 1. The third-order valence-electron chi connectivity index (χ3n) is 13.2. The molecule has 10 rings (SSSR count). The molecule has 262 valence electrons. The number of aromatic nitrogens is 1. The molecule has 8 nitrogen and oxygen atoms in total. The van der Waals surface area contributed by atoms with Crippen LogP contribution in [0.2, 0.25) is 0 Å². The van der Waals surface area contributed by atoms with Gasteiger partial charge < -0.3 is 25.0 Å². The molecule has 2 aliphatic carbocycles. The number of anilines is 2. The standard InChI is InChI=1S/C43H47N5O3/c49-34-8-10-36-30(18-34)6-9-35(29-4-2-1-3-5-29)41(36)31-7-11-40(44-23-31)47-14-12-43(13-15-47)21-28(22-43)25-46-16-17-48-33(26-46)27-51-39-20-37-32(19-38(39)48)24-45-42(37)50/h1-5,7-8,10-11,18-20,23,28,33,35,41,49H,6,9,12-17,21-22,24-27H2,(H,45,50). The van der Waals surface area contributed by atoms with E-state index in [-0.39, 0.29) is 11.8 Å². The molecule has 3 atom stereocenters. The van der Waals surface area contributed by atoms with Gasteiger partial charge in [0.2, 0.25) is 0 Å². The van der Waals surface area contributed by atoms with Crippen LogP contribution >= 0.6 is 0 Å². The van der Waals surface area contributed by atoms with Gasteiger partial charge in [-0.2, -0.15) is 0 Å². The second kappa shape index (κ2) is 12.3. The number of carbonyl (C=O) groups is 1. The normalized spacial score (nSPS) is 25.3. The van der Waals surface area contributed by atoms with Crippen LogP contribution in [0.1, 0.15) is 82.1 Å². The van der Waals surface area contributed by atoms with Crippen LogP contribution in [0, 0.1) is 11.3 Å². The highest BCUT2D eigenvalue weighted by molar-refractivity contribution is 5.99. The lowest BCUT2D eigenvalue weighted by molar-refractivity contribution is 0.00293. The van der Waals surface area contributed by atoms with E-state index in [1.54, 1.807) is 0 Å². The van der Waals surface area contributed by atoms with Crippen molar-refractivity contribution in [2.45, 2.75) is 62.9 Å². The number of benzene rings is 3. The predicted molar refractivity (Wildman–Crippen MR) is 199 cm³/mol. The van der Waals surface area contributed by atoms with Gasteiger partial charge in [-0.1, -0.05) is 42.5 Å². The summed E-state index contributed by atoms with van der Waals surface area (Å²) in [6.45, 7) is 7.83. The van der Waals surface area contributed by atoms with E-state index in [9.17, 15) is 9.90 Å². The first-order chi connectivity index (χ1) is 25.0. The summed E-state index contributed by atoms with van der Waals surface area (Å²) in [4.78, 5) is 25.0. The Kier molecular flexibility index (Phi) is 7.52. The van der Waals surface area contributed by atoms with Crippen LogP contribution in [-0.4, -0.2) is 72.8 Å². The molecular formula is C43H47N5O3. The number of phenolic OH excluding ortho intramolecular Hbond substituents is 1. The lowest BCUT2D eigenvalue weighted by atomic mass is 9.57. The number of hydrogen-bond donors (Lipinski definition) is 2. The molecule has 8 heteroatoms. The number of hydrogen-bond acceptors (Lipinski definition) is 7. The number of pyridine rings is 1. The highest BCUT2D eigenvalue weighted by Gasteiger charge is 2.47. The van der Waals surface area contributed by atoms with Gasteiger partial charge in [0.25, 0.3) is 5.91 Å². The van der Waals surface area contributed by atoms with Gasteiger partial charge in [0.05, 0.1) is 11.7 Å². The summed E-state index contributed by atoms with van der Waals surface area (Å²) in [5.41, 5.74) is 8.74. The Balaban J connectivity index is 0.751. The topological polar surface area (TPSA) is 81.2 Å². The van der Waals surface area contributed by atoms with Gasteiger partial charge in [0, 0.05) is 63.5 Å². The van der Waals surface area contributed by atoms with Crippen molar-refractivity contribution in [2.75, 3.05) is 55.7 Å². The van der Waals surface area contributed by atoms with Gasteiger partial charge in [-0.25, -0.2) is 4.98 Å². The van der Waals surface area contributed by atoms with Crippen LogP contribution in [0.3, 0.4) is 0 Å². The Labute approximate surface area is 300 Å². The number of ether oxygens (including phenoxy) is 1. The summed E-state index contributed by atoms with van der Waals surface area (Å²) in [6, 6.07) is 25.9. The Morgan fingerprint density at radius 2 is 1.78 bits per heavy atom. The highest BCUT2D eigenvalue weighted by atomic mass is 16.5. The van der Waals surface area contributed by atoms with Crippen molar-refractivity contribution in [3.8, 4) is 11.5 Å². The molecule has 0 bridgehead atoms. The van der Waals surface area contributed by atoms with Crippen LogP contribution in [0.5, 0.6) is 11.5 Å². The zero-order valence-corrected chi connectivity index (χ0v) is 29.3. The maximum Gasteiger partial charge on any atom is 0.252 e. The molecule has 5 heterocycles. The van der Waals surface area contributed by atoms with E-state index in [4.69, 9.17) is 9.72 Å². The first-order valence-corrected chi connectivity index (χ1v) is 19.1. The number of fused-ring (bicyclic) bond motifs is 5. The zero-order chi connectivity index (χ0) is 34.1. The summed E-state index contributed by atoms with van der Waals surface area (Å²) >= 11 is 0. The number of nitrogens with one attached hydrogen (secondary N) is 1. The number of rotatable bonds is 5. The van der Waals surface area contributed by atoms with Crippen LogP contribution in [-0.2, 0) is 13.0 Å². The fourth-order valence-electron chi connectivity index (χ4n) is 10.6. The summed E-state index contributed by atoms with van der Waals surface area (Å²) in [5.74, 6) is 3.73. The van der Waals surface area contributed by atoms with E-state index in [0.29, 0.717) is 36.3 Å². The van der Waals surface area contributed by atoms with Crippen molar-refractivity contribution in [1.82, 2.24) is 15.2 Å². The summed E-state index contributed by atoms with van der Waals surface area (Å²) in [6.07, 6.45) is 9.38. The molecule has 1 saturated carbocycles. The quantitative estimate of drug-likeness (QED) is 0.250. The fraction of sp³-hybridized carbons (Fsp3) is 0.442. The van der Waals surface area contributed by atoms with Gasteiger partial charge in [0.1, 0.15) is 23.9 Å². The van der Waals surface area contributed by atoms with E-state index in [1.165, 1.54) is 54.5 Å². The second-order valence-electron chi connectivity index (χ2n) is 16.2. The van der Waals surface area contributed by atoms with Crippen LogP contribution in [0.15, 0.2) is 79.0 Å². The third-order valence-corrected chi connectivity index (χ3v) is 13.2. The Hall–Kier alpha value is -4.56. The van der Waals surface area contributed by atoms with Crippen molar-refractivity contribution >= 4 is 17.4 Å². The van der Waals surface area contributed by atoms with Gasteiger partial charge in [-0.15, -0.1) is 0 Å². The van der Waals surface area contributed by atoms with E-state index in [1.807, 2.05) is 18.2 Å². The largest absolute Gasteiger partial charge is 0.508 e. The van der Waals surface area contributed by atoms with Crippen molar-refractivity contribution in [3.63, 3.8) is 0 Å². The minimum atomic E-state index is 0.0142. The summed E-state index contributed by atoms with van der Waals surface area (Å²) in [5, 5.41) is 13.2. The highest BCUT2D eigenvalue weighted by Crippen LogP contribution is 2.53. The smallest absolute Gasteiger partial charge is 0.252 e. The molecule has 3 aromatic carbocycles. The minimum absolute atomic E-state index is 0.0142. The number of phenols is 1. The van der Waals surface area contributed by atoms with E-state index in [0.717, 1.165) is 79.9 Å². The molecular weight excluding hydrogens is 635 g/mol. The van der Waals surface area contributed by atoms with Crippen molar-refractivity contribution in [3.05, 3.63) is 112 Å². The number of piperidine rings is 1. The molecule has 1 spiro atoms. The van der Waals surface area contributed by atoms with Gasteiger partial charge >= 0.3 is 0 Å². The summed E-state index contributed by atoms with van der Waals surface area (Å²) < 4.78 is 6.21. The molecule has 6 aliphatic rings. The maximum absolute atomic E-state index is 12.2. The molecule has 3 fully saturated rings. The summed E-state index contributed by atoms with van der Waals surface area (Å²) in [7, 11) is 0. The average molecular weight is 682 g/mol. The number of piperazine rings is 1. The van der Waals surface area contributed by atoms with Gasteiger partial charge in [-0.05, 0) is 114 Å². The molecule has 2 saturated heterocycles. The number of carbonyl (C=O) groups excluding carboxylic acids is 1. The molecule has 4 aliphatic heterocycles. The molecule has 2 N–H and O–H groups in total. The van der Waals surface area contributed by atoms with Crippen molar-refractivity contribution in [1.29, 1.82) is 0 Å². The maximum atomic E-state index is 12.2. The molecule has 4 aromatic rings. The fourth-order valence-corrected chi connectivity index (χ4v) is 10.6. The van der Waals surface area contributed by atoms with Crippen LogP contribution in [0.25, 0.3) is 0 Å². The molecule has 51 heavy (non-hydrogen) atoms. The Morgan fingerprint density at radius 3 is 2.61 bits per heavy atom. The van der Waals surface area contributed by atoms with Crippen LogP contribution < -0.4 is 19.9 Å². The lowest BCUT2D eigenvalue weighted by Crippen LogP contribution is -2.59. The first-order valence-electron chi connectivity index (χ1n) is 19.1. The second-order valence-corrected chi connectivity index (χ2v) is 16.2. The molecule has 1 aromatic heterocycles. The van der Waals surface area contributed by atoms with E-state index in [2.05, 4.69) is 80.8 Å². The molecule has 1 amide bonds. The number of aryl methyl sites for hydroxylation is 1. The Morgan fingerprint density at radius 1 is 0.922 bits per heavy atom. The molecule has 3 unspecified atom stereocenters. The molecule has 0 radical (unpaired) electrons. The van der Waals surface area contributed by atoms with E-state index >= 15 is 0 Å². The first kappa shape index (κ1) is 31.2. The lowest BCUT2D eigenvalue weighted by Gasteiger charge is -2.54. The SMILES string of the molecule is O=C1NCc2cc3c(cc21)OCC1CN(CC2CC4(CCN(c5ccc(C6c7ccc(O)cc7CCC6c6ccccc6)cn5)CC4)C2)CCN31. The van der Waals surface area contributed by atoms with Gasteiger partial charge in [0.15, 0.2) is 0 Å². The third kappa shape index (κ3) is 5.54. The Bertz CT molecular complexity index is 1950. The van der Waals surface area contributed by atoms with Crippen molar-refractivity contribution in [2.24, 2.45) is 11.3 Å². The van der Waals surface area contributed by atoms with Crippen molar-refractivity contribution < 1.29 is 14.6 Å². The zero-order valence-electron chi connectivity index (χ0n) is 29.3.